The van der Waals surface area contributed by atoms with Crippen LogP contribution in [0.25, 0.3) is 0 Å². The molecule has 4 nitrogen and oxygen atoms in total. The molecule has 1 fully saturated rings. The lowest BCUT2D eigenvalue weighted by Crippen LogP contribution is -2.35. The number of fused-ring (bicyclic) bond motifs is 1. The van der Waals surface area contributed by atoms with Crippen LogP contribution in [0, 0.1) is 13.8 Å². The number of rotatable bonds is 2. The van der Waals surface area contributed by atoms with Crippen LogP contribution < -0.4 is 0 Å². The lowest BCUT2D eigenvalue weighted by Gasteiger charge is -2.20. The predicted octanol–water partition coefficient (Wildman–Crippen LogP) is 2.00. The maximum atomic E-state index is 11.6. The molecule has 0 amide bonds. The van der Waals surface area contributed by atoms with Gasteiger partial charge in [-0.05, 0) is 30.5 Å². The summed E-state index contributed by atoms with van der Waals surface area (Å²) in [5.74, 6) is 1.32. The molecule has 114 valence electrons. The van der Waals surface area contributed by atoms with Crippen molar-refractivity contribution in [1.82, 2.24) is 4.90 Å². The van der Waals surface area contributed by atoms with Gasteiger partial charge in [0.05, 0.1) is 23.6 Å². The molecule has 0 aromatic heterocycles. The van der Waals surface area contributed by atoms with Crippen LogP contribution in [0.5, 0.6) is 0 Å². The van der Waals surface area contributed by atoms with Crippen molar-refractivity contribution in [2.45, 2.75) is 31.7 Å². The van der Waals surface area contributed by atoms with E-state index in [0.717, 1.165) is 10.9 Å². The molecule has 0 bridgehead atoms. The van der Waals surface area contributed by atoms with Gasteiger partial charge in [-0.1, -0.05) is 30.0 Å². The molecule has 0 spiro atoms. The molecule has 21 heavy (non-hydrogen) atoms. The minimum absolute atomic E-state index is 0.0391. The standard InChI is InChI=1S/C15H20N2O2S2/c1-10-4-5-12(6-11(10)2)7-20-15-16-13-8-21(18,19)9-14(13)17(15)3/h4-6,13-14H,7-9H2,1-3H3/t13-,14+/m0/s1. The molecule has 0 N–H and O–H groups in total. The summed E-state index contributed by atoms with van der Waals surface area (Å²) in [5.41, 5.74) is 3.89. The van der Waals surface area contributed by atoms with E-state index in [4.69, 9.17) is 0 Å². The molecule has 6 heteroatoms. The van der Waals surface area contributed by atoms with E-state index in [9.17, 15) is 8.42 Å². The first-order valence-electron chi connectivity index (χ1n) is 7.06. The van der Waals surface area contributed by atoms with Crippen LogP contribution in [-0.4, -0.2) is 49.1 Å². The van der Waals surface area contributed by atoms with Gasteiger partial charge < -0.3 is 4.90 Å². The second-order valence-electron chi connectivity index (χ2n) is 5.94. The third kappa shape index (κ3) is 2.97. The quantitative estimate of drug-likeness (QED) is 0.835. The Morgan fingerprint density at radius 2 is 2.05 bits per heavy atom. The van der Waals surface area contributed by atoms with Crippen molar-refractivity contribution >= 4 is 26.8 Å². The third-order valence-electron chi connectivity index (χ3n) is 4.31. The van der Waals surface area contributed by atoms with E-state index in [1.807, 2.05) is 11.9 Å². The second-order valence-corrected chi connectivity index (χ2v) is 9.04. The highest BCUT2D eigenvalue weighted by Crippen LogP contribution is 2.31. The van der Waals surface area contributed by atoms with Gasteiger partial charge in [0.25, 0.3) is 0 Å². The first-order valence-corrected chi connectivity index (χ1v) is 9.86. The molecular weight excluding hydrogens is 304 g/mol. The molecule has 0 aliphatic carbocycles. The smallest absolute Gasteiger partial charge is 0.159 e. The van der Waals surface area contributed by atoms with Crippen LogP contribution in [0.1, 0.15) is 16.7 Å². The van der Waals surface area contributed by atoms with E-state index in [1.54, 1.807) is 11.8 Å². The van der Waals surface area contributed by atoms with E-state index < -0.39 is 9.84 Å². The topological polar surface area (TPSA) is 49.7 Å². The minimum atomic E-state index is -2.90. The average molecular weight is 324 g/mol. The van der Waals surface area contributed by atoms with E-state index in [2.05, 4.69) is 37.0 Å². The summed E-state index contributed by atoms with van der Waals surface area (Å²) in [6, 6.07) is 6.48. The molecular formula is C15H20N2O2S2. The predicted molar refractivity (Wildman–Crippen MR) is 88.6 cm³/mol. The van der Waals surface area contributed by atoms with Crippen molar-refractivity contribution in [3.63, 3.8) is 0 Å². The lowest BCUT2D eigenvalue weighted by atomic mass is 10.1. The van der Waals surface area contributed by atoms with Gasteiger partial charge in [0, 0.05) is 12.8 Å². The summed E-state index contributed by atoms with van der Waals surface area (Å²) < 4.78 is 23.3. The number of benzene rings is 1. The van der Waals surface area contributed by atoms with E-state index in [1.165, 1.54) is 16.7 Å². The number of hydrogen-bond acceptors (Lipinski definition) is 5. The van der Waals surface area contributed by atoms with Gasteiger partial charge in [0.2, 0.25) is 0 Å². The number of aryl methyl sites for hydroxylation is 2. The summed E-state index contributed by atoms with van der Waals surface area (Å²) in [6.07, 6.45) is 0. The average Bonchev–Trinajstić information content (AvgIpc) is 2.85. The number of nitrogens with zero attached hydrogens (tertiary/aromatic N) is 2. The van der Waals surface area contributed by atoms with Crippen LogP contribution in [0.4, 0.5) is 0 Å². The van der Waals surface area contributed by atoms with Gasteiger partial charge in [-0.15, -0.1) is 0 Å². The summed E-state index contributed by atoms with van der Waals surface area (Å²) in [4.78, 5) is 6.65. The molecule has 1 saturated heterocycles. The van der Waals surface area contributed by atoms with Gasteiger partial charge in [-0.2, -0.15) is 0 Å². The number of sulfone groups is 1. The number of hydrogen-bond donors (Lipinski definition) is 0. The summed E-state index contributed by atoms with van der Waals surface area (Å²) in [7, 11) is -0.941. The van der Waals surface area contributed by atoms with Crippen LogP contribution in [0.2, 0.25) is 0 Å². The Morgan fingerprint density at radius 3 is 2.71 bits per heavy atom. The molecule has 0 unspecified atom stereocenters. The maximum absolute atomic E-state index is 11.6. The molecule has 1 aromatic rings. The summed E-state index contributed by atoms with van der Waals surface area (Å²) in [5, 5.41) is 0.970. The first kappa shape index (κ1) is 14.9. The van der Waals surface area contributed by atoms with Crippen molar-refractivity contribution in [1.29, 1.82) is 0 Å². The minimum Gasteiger partial charge on any atom is -0.348 e. The summed E-state index contributed by atoms with van der Waals surface area (Å²) in [6.45, 7) is 4.24. The van der Waals surface area contributed by atoms with E-state index >= 15 is 0 Å². The second kappa shape index (κ2) is 5.32. The van der Waals surface area contributed by atoms with Gasteiger partial charge in [0.15, 0.2) is 15.0 Å². The Kier molecular flexibility index (Phi) is 3.78. The fraction of sp³-hybridized carbons (Fsp3) is 0.533. The Labute approximate surface area is 130 Å². The molecule has 2 atom stereocenters. The Morgan fingerprint density at radius 1 is 1.29 bits per heavy atom. The zero-order valence-electron chi connectivity index (χ0n) is 12.5. The SMILES string of the molecule is Cc1ccc(CSC2=N[C@H]3CS(=O)(=O)C[C@H]3N2C)cc1C. The van der Waals surface area contributed by atoms with Crippen molar-refractivity contribution in [2.24, 2.45) is 4.99 Å². The maximum Gasteiger partial charge on any atom is 0.159 e. The van der Waals surface area contributed by atoms with Crippen molar-refractivity contribution < 1.29 is 8.42 Å². The van der Waals surface area contributed by atoms with Gasteiger partial charge in [-0.25, -0.2) is 8.42 Å². The highest BCUT2D eigenvalue weighted by molar-refractivity contribution is 8.13. The fourth-order valence-electron chi connectivity index (χ4n) is 2.86. The number of aliphatic imine (C=N–C) groups is 1. The largest absolute Gasteiger partial charge is 0.348 e. The number of thioether (sulfide) groups is 1. The van der Waals surface area contributed by atoms with Crippen LogP contribution >= 0.6 is 11.8 Å². The van der Waals surface area contributed by atoms with Crippen molar-refractivity contribution in [2.75, 3.05) is 18.6 Å². The van der Waals surface area contributed by atoms with E-state index in [-0.39, 0.29) is 23.6 Å². The molecule has 1 aromatic carbocycles. The first-order chi connectivity index (χ1) is 9.85. The Bertz CT molecular complexity index is 698. The fourth-order valence-corrected chi connectivity index (χ4v) is 5.80. The Balaban J connectivity index is 1.68. The molecule has 2 heterocycles. The number of likely N-dealkylation sites (N-methyl/N-ethyl adjacent to an activating group) is 1. The molecule has 3 rings (SSSR count). The lowest BCUT2D eigenvalue weighted by molar-refractivity contribution is 0.410. The molecule has 2 aliphatic heterocycles. The number of amidine groups is 1. The van der Waals surface area contributed by atoms with Crippen molar-refractivity contribution in [3.8, 4) is 0 Å². The monoisotopic (exact) mass is 324 g/mol. The third-order valence-corrected chi connectivity index (χ3v) is 7.14. The molecule has 2 aliphatic rings. The normalized spacial score (nSPS) is 26.8. The molecule has 0 saturated carbocycles. The molecule has 0 radical (unpaired) electrons. The zero-order chi connectivity index (χ0) is 15.2. The van der Waals surface area contributed by atoms with Gasteiger partial charge in [0.1, 0.15) is 0 Å². The van der Waals surface area contributed by atoms with Crippen LogP contribution in [0.15, 0.2) is 23.2 Å². The van der Waals surface area contributed by atoms with Crippen LogP contribution in [0.3, 0.4) is 0 Å². The Hall–Kier alpha value is -1.01. The highest BCUT2D eigenvalue weighted by Gasteiger charge is 2.44. The highest BCUT2D eigenvalue weighted by atomic mass is 32.2. The van der Waals surface area contributed by atoms with Gasteiger partial charge in [-0.3, -0.25) is 4.99 Å². The van der Waals surface area contributed by atoms with Gasteiger partial charge >= 0.3 is 0 Å². The van der Waals surface area contributed by atoms with Crippen molar-refractivity contribution in [3.05, 3.63) is 34.9 Å². The van der Waals surface area contributed by atoms with Crippen LogP contribution in [-0.2, 0) is 15.6 Å². The van der Waals surface area contributed by atoms with E-state index in [0.29, 0.717) is 0 Å². The summed E-state index contributed by atoms with van der Waals surface area (Å²) >= 11 is 1.70. The zero-order valence-corrected chi connectivity index (χ0v) is 14.2.